The molecule has 3 aromatic carbocycles. The number of fused-ring (bicyclic) bond motifs is 5. The first-order chi connectivity index (χ1) is 17.7. The van der Waals surface area contributed by atoms with Crippen LogP contribution in [0.2, 0.25) is 0 Å². The van der Waals surface area contributed by atoms with Crippen LogP contribution in [-0.4, -0.2) is 25.8 Å². The number of carbonyl (C=O) groups excluding carboxylic acids is 1. The van der Waals surface area contributed by atoms with Crippen LogP contribution >= 0.6 is 15.9 Å². The molecule has 7 heteroatoms. The van der Waals surface area contributed by atoms with E-state index in [9.17, 15) is 4.79 Å². The van der Waals surface area contributed by atoms with Crippen molar-refractivity contribution in [2.75, 3.05) is 5.32 Å². The van der Waals surface area contributed by atoms with Crippen LogP contribution in [0.3, 0.4) is 0 Å². The van der Waals surface area contributed by atoms with E-state index >= 15 is 0 Å². The summed E-state index contributed by atoms with van der Waals surface area (Å²) in [5.41, 5.74) is 10.2. The number of hydrogen-bond donors (Lipinski definition) is 2. The molecular formula is C29H18BrN5O. The van der Waals surface area contributed by atoms with Gasteiger partial charge in [-0.3, -0.25) is 9.78 Å². The number of benzene rings is 3. The Morgan fingerprint density at radius 1 is 0.917 bits per heavy atom. The number of rotatable bonds is 3. The Morgan fingerprint density at radius 2 is 1.78 bits per heavy atom. The number of para-hydroxylation sites is 1. The molecule has 7 rings (SSSR count). The van der Waals surface area contributed by atoms with Gasteiger partial charge in [-0.15, -0.1) is 0 Å². The molecule has 0 radical (unpaired) electrons. The zero-order chi connectivity index (χ0) is 24.2. The van der Waals surface area contributed by atoms with E-state index in [1.54, 1.807) is 12.5 Å². The van der Waals surface area contributed by atoms with Gasteiger partial charge < -0.3 is 10.3 Å². The van der Waals surface area contributed by atoms with Crippen LogP contribution < -0.4 is 5.32 Å². The van der Waals surface area contributed by atoms with Gasteiger partial charge in [0.05, 0.1) is 27.4 Å². The molecule has 0 spiro atoms. The molecule has 3 aromatic heterocycles. The van der Waals surface area contributed by atoms with Gasteiger partial charge in [-0.25, -0.2) is 9.97 Å². The number of aromatic amines is 1. The van der Waals surface area contributed by atoms with Crippen molar-refractivity contribution in [1.82, 2.24) is 19.9 Å². The molecule has 0 fully saturated rings. The predicted molar refractivity (Wildman–Crippen MR) is 145 cm³/mol. The van der Waals surface area contributed by atoms with Crippen molar-refractivity contribution in [2.45, 2.75) is 6.42 Å². The molecule has 6 nitrogen and oxygen atoms in total. The van der Waals surface area contributed by atoms with E-state index in [1.165, 1.54) is 11.1 Å². The zero-order valence-corrected chi connectivity index (χ0v) is 20.5. The number of amides is 1. The molecule has 0 saturated heterocycles. The van der Waals surface area contributed by atoms with Gasteiger partial charge in [-0.05, 0) is 61.9 Å². The fourth-order valence-electron chi connectivity index (χ4n) is 5.10. The van der Waals surface area contributed by atoms with E-state index in [1.807, 2.05) is 30.5 Å². The second-order valence-corrected chi connectivity index (χ2v) is 9.66. The lowest BCUT2D eigenvalue weighted by atomic mass is 9.93. The third-order valence-electron chi connectivity index (χ3n) is 6.75. The van der Waals surface area contributed by atoms with Crippen molar-refractivity contribution in [3.8, 4) is 22.3 Å². The number of nitrogens with zero attached hydrogens (tertiary/aromatic N) is 3. The lowest BCUT2D eigenvalue weighted by molar-refractivity contribution is 0.102. The summed E-state index contributed by atoms with van der Waals surface area (Å²) < 4.78 is 0.607. The van der Waals surface area contributed by atoms with Crippen molar-refractivity contribution in [2.24, 2.45) is 0 Å². The molecule has 172 valence electrons. The van der Waals surface area contributed by atoms with Gasteiger partial charge in [0.1, 0.15) is 0 Å². The maximum atomic E-state index is 13.5. The summed E-state index contributed by atoms with van der Waals surface area (Å²) >= 11 is 3.49. The number of aromatic nitrogens is 4. The second-order valence-electron chi connectivity index (χ2n) is 8.80. The molecule has 3 heterocycles. The largest absolute Gasteiger partial charge is 0.343 e. The minimum atomic E-state index is -0.225. The maximum absolute atomic E-state index is 13.5. The summed E-state index contributed by atoms with van der Waals surface area (Å²) in [7, 11) is 0. The average Bonchev–Trinajstić information content (AvgIpc) is 3.54. The number of imidazole rings is 1. The van der Waals surface area contributed by atoms with Gasteiger partial charge in [-0.1, -0.05) is 48.5 Å². The Balaban J connectivity index is 1.37. The molecule has 0 unspecified atom stereocenters. The van der Waals surface area contributed by atoms with Crippen molar-refractivity contribution in [1.29, 1.82) is 0 Å². The minimum Gasteiger partial charge on any atom is -0.343 e. The number of halogens is 1. The second kappa shape index (κ2) is 8.10. The third kappa shape index (κ3) is 3.24. The summed E-state index contributed by atoms with van der Waals surface area (Å²) in [5.74, 6) is -0.225. The van der Waals surface area contributed by atoms with Crippen molar-refractivity contribution in [3.05, 3.63) is 107 Å². The number of carbonyl (C=O) groups is 1. The number of H-pyrrole nitrogens is 1. The third-order valence-corrected chi connectivity index (χ3v) is 7.35. The quantitative estimate of drug-likeness (QED) is 0.264. The first-order valence-electron chi connectivity index (χ1n) is 11.6. The average molecular weight is 532 g/mol. The molecule has 2 N–H and O–H groups in total. The summed E-state index contributed by atoms with van der Waals surface area (Å²) in [5, 5.41) is 4.26. The number of nitrogens with one attached hydrogen (secondary N) is 2. The molecule has 1 amide bonds. The molecule has 0 aliphatic heterocycles. The van der Waals surface area contributed by atoms with E-state index in [4.69, 9.17) is 4.98 Å². The van der Waals surface area contributed by atoms with E-state index in [0.717, 1.165) is 45.3 Å². The Morgan fingerprint density at radius 3 is 2.72 bits per heavy atom. The Hall–Kier alpha value is -4.36. The fraction of sp³-hybridized carbons (Fsp3) is 0.0345. The van der Waals surface area contributed by atoms with Gasteiger partial charge in [0.15, 0.2) is 5.65 Å². The standard InChI is InChI=1S/C29H18BrN5O/c30-22-14-32-28-27(33-15-34-28)26(22)29(36)35-24-10-9-20(18-11-17-6-2-4-8-23(17)31-13-18)25-19-7-3-1-5-16(19)12-21(24)25/h1-11,13-15H,12H2,(H,35,36)(H,32,33,34). The molecular weight excluding hydrogens is 514 g/mol. The Labute approximate surface area is 214 Å². The Kier molecular flexibility index (Phi) is 4.72. The van der Waals surface area contributed by atoms with E-state index in [2.05, 4.69) is 78.7 Å². The fourth-order valence-corrected chi connectivity index (χ4v) is 5.58. The summed E-state index contributed by atoms with van der Waals surface area (Å²) in [6, 6.07) is 22.8. The van der Waals surface area contributed by atoms with Crippen LogP contribution in [0.5, 0.6) is 0 Å². The molecule has 6 aromatic rings. The maximum Gasteiger partial charge on any atom is 0.259 e. The smallest absolute Gasteiger partial charge is 0.259 e. The van der Waals surface area contributed by atoms with Gasteiger partial charge in [0.25, 0.3) is 5.91 Å². The van der Waals surface area contributed by atoms with Crippen molar-refractivity contribution < 1.29 is 4.79 Å². The summed E-state index contributed by atoms with van der Waals surface area (Å²) in [4.78, 5) is 29.7. The van der Waals surface area contributed by atoms with E-state index in [0.29, 0.717) is 21.2 Å². The van der Waals surface area contributed by atoms with Crippen LogP contribution in [0.15, 0.2) is 89.9 Å². The van der Waals surface area contributed by atoms with Gasteiger partial charge in [-0.2, -0.15) is 0 Å². The highest BCUT2D eigenvalue weighted by Crippen LogP contribution is 2.46. The predicted octanol–water partition coefficient (Wildman–Crippen LogP) is 6.76. The lowest BCUT2D eigenvalue weighted by Gasteiger charge is -2.16. The van der Waals surface area contributed by atoms with Gasteiger partial charge in [0, 0.05) is 35.5 Å². The Bertz CT molecular complexity index is 1840. The van der Waals surface area contributed by atoms with E-state index in [-0.39, 0.29) is 5.91 Å². The van der Waals surface area contributed by atoms with Crippen LogP contribution in [0.4, 0.5) is 5.69 Å². The highest BCUT2D eigenvalue weighted by molar-refractivity contribution is 9.10. The molecule has 36 heavy (non-hydrogen) atoms. The SMILES string of the molecule is O=C(Nc1ccc(-c2cnc3ccccc3c2)c2c1Cc1ccccc1-2)c1c(Br)cnc2nc[nH]c12. The van der Waals surface area contributed by atoms with Crippen LogP contribution in [0.1, 0.15) is 21.5 Å². The topological polar surface area (TPSA) is 83.6 Å². The van der Waals surface area contributed by atoms with Crippen molar-refractivity contribution in [3.63, 3.8) is 0 Å². The normalized spacial score (nSPS) is 12.0. The molecule has 0 atom stereocenters. The number of pyridine rings is 2. The number of hydrogen-bond acceptors (Lipinski definition) is 4. The highest BCUT2D eigenvalue weighted by atomic mass is 79.9. The van der Waals surface area contributed by atoms with Crippen LogP contribution in [0.25, 0.3) is 44.3 Å². The molecule has 0 bridgehead atoms. The van der Waals surface area contributed by atoms with Gasteiger partial charge >= 0.3 is 0 Å². The molecule has 1 aliphatic rings. The highest BCUT2D eigenvalue weighted by Gasteiger charge is 2.26. The lowest BCUT2D eigenvalue weighted by Crippen LogP contribution is -2.15. The molecule has 1 aliphatic carbocycles. The van der Waals surface area contributed by atoms with Gasteiger partial charge in [0.2, 0.25) is 0 Å². The zero-order valence-electron chi connectivity index (χ0n) is 18.9. The van der Waals surface area contributed by atoms with Crippen LogP contribution in [0, 0.1) is 0 Å². The summed E-state index contributed by atoms with van der Waals surface area (Å²) in [6.45, 7) is 0. The first kappa shape index (κ1) is 21.0. The minimum absolute atomic E-state index is 0.225. The van der Waals surface area contributed by atoms with Crippen molar-refractivity contribution >= 4 is 49.6 Å². The van der Waals surface area contributed by atoms with E-state index < -0.39 is 0 Å². The molecule has 0 saturated carbocycles. The first-order valence-corrected chi connectivity index (χ1v) is 12.3. The monoisotopic (exact) mass is 531 g/mol. The van der Waals surface area contributed by atoms with Crippen LogP contribution in [-0.2, 0) is 6.42 Å². The number of anilines is 1. The summed E-state index contributed by atoms with van der Waals surface area (Å²) in [6.07, 6.45) is 5.82.